The summed E-state index contributed by atoms with van der Waals surface area (Å²) in [5.74, 6) is -0.961. The van der Waals surface area contributed by atoms with Crippen molar-refractivity contribution in [2.45, 2.75) is 40.7 Å². The number of amides is 1. The van der Waals surface area contributed by atoms with Crippen molar-refractivity contribution >= 4 is 39.0 Å². The van der Waals surface area contributed by atoms with E-state index >= 15 is 0 Å². The normalized spacial score (nSPS) is 11.1. The lowest BCUT2D eigenvalue weighted by atomic mass is 10.1. The van der Waals surface area contributed by atoms with Crippen LogP contribution < -0.4 is 10.9 Å². The lowest BCUT2D eigenvalue weighted by Crippen LogP contribution is -2.29. The van der Waals surface area contributed by atoms with Gasteiger partial charge in [0.15, 0.2) is 5.69 Å². The van der Waals surface area contributed by atoms with Crippen LogP contribution in [0, 0.1) is 13.8 Å². The molecule has 152 valence electrons. The van der Waals surface area contributed by atoms with Crippen LogP contribution in [0.3, 0.4) is 0 Å². The van der Waals surface area contributed by atoms with E-state index in [0.717, 1.165) is 10.4 Å². The van der Waals surface area contributed by atoms with Crippen molar-refractivity contribution in [1.82, 2.24) is 9.78 Å². The topological polar surface area (TPSA) is 90.3 Å². The molecule has 3 rings (SSSR count). The molecule has 0 atom stereocenters. The summed E-state index contributed by atoms with van der Waals surface area (Å²) < 4.78 is 6.44. The van der Waals surface area contributed by atoms with Crippen molar-refractivity contribution in [3.05, 3.63) is 56.3 Å². The first-order valence-electron chi connectivity index (χ1n) is 9.36. The van der Waals surface area contributed by atoms with Gasteiger partial charge in [0.1, 0.15) is 5.00 Å². The van der Waals surface area contributed by atoms with Crippen LogP contribution in [0.2, 0.25) is 0 Å². The highest BCUT2D eigenvalue weighted by Gasteiger charge is 2.24. The molecule has 0 spiro atoms. The van der Waals surface area contributed by atoms with E-state index in [4.69, 9.17) is 4.74 Å². The quantitative estimate of drug-likeness (QED) is 0.637. The van der Waals surface area contributed by atoms with E-state index < -0.39 is 11.9 Å². The molecule has 0 saturated heterocycles. The summed E-state index contributed by atoms with van der Waals surface area (Å²) in [6.45, 7) is 9.33. The minimum absolute atomic E-state index is 0.132. The Kier molecular flexibility index (Phi) is 5.83. The van der Waals surface area contributed by atoms with Gasteiger partial charge in [-0.1, -0.05) is 18.2 Å². The van der Waals surface area contributed by atoms with Gasteiger partial charge in [-0.25, -0.2) is 9.48 Å². The van der Waals surface area contributed by atoms with Crippen molar-refractivity contribution in [3.8, 4) is 0 Å². The number of esters is 1. The number of rotatable bonds is 5. The van der Waals surface area contributed by atoms with Crippen LogP contribution in [-0.4, -0.2) is 28.3 Å². The van der Waals surface area contributed by atoms with E-state index in [0.29, 0.717) is 21.3 Å². The van der Waals surface area contributed by atoms with Gasteiger partial charge in [0.2, 0.25) is 0 Å². The second kappa shape index (κ2) is 8.16. The SMILES string of the molecule is CCOC(=O)c1c(NC(=O)c2nn(C(C)C)c(=O)c3ccccc23)sc(C)c1C. The molecule has 0 unspecified atom stereocenters. The Morgan fingerprint density at radius 3 is 2.48 bits per heavy atom. The van der Waals surface area contributed by atoms with Gasteiger partial charge in [0.25, 0.3) is 11.5 Å². The molecule has 1 N–H and O–H groups in total. The molecule has 0 saturated carbocycles. The molecule has 0 aliphatic rings. The molecule has 2 heterocycles. The van der Waals surface area contributed by atoms with Crippen LogP contribution in [0.5, 0.6) is 0 Å². The summed E-state index contributed by atoms with van der Waals surface area (Å²) >= 11 is 1.31. The standard InChI is InChI=1S/C21H23N3O4S/c1-6-28-21(27)16-12(4)13(5)29-19(16)22-18(25)17-14-9-7-8-10-15(14)20(26)24(23-17)11(2)3/h7-11H,6H2,1-5H3,(H,22,25). The Balaban J connectivity index is 2.11. The monoisotopic (exact) mass is 413 g/mol. The van der Waals surface area contributed by atoms with Crippen molar-refractivity contribution in [2.75, 3.05) is 11.9 Å². The van der Waals surface area contributed by atoms with Crippen molar-refractivity contribution in [1.29, 1.82) is 0 Å². The number of nitrogens with zero attached hydrogens (tertiary/aromatic N) is 2. The van der Waals surface area contributed by atoms with Gasteiger partial charge >= 0.3 is 5.97 Å². The second-order valence-electron chi connectivity index (χ2n) is 6.90. The molecule has 7 nitrogen and oxygen atoms in total. The number of nitrogens with one attached hydrogen (secondary N) is 1. The summed E-state index contributed by atoms with van der Waals surface area (Å²) in [5, 5.41) is 8.43. The third kappa shape index (κ3) is 3.80. The summed E-state index contributed by atoms with van der Waals surface area (Å²) in [4.78, 5) is 39.1. The summed E-state index contributed by atoms with van der Waals surface area (Å²) in [6, 6.07) is 6.67. The van der Waals surface area contributed by atoms with Gasteiger partial charge in [-0.2, -0.15) is 5.10 Å². The minimum atomic E-state index is -0.484. The van der Waals surface area contributed by atoms with Crippen LogP contribution in [0.15, 0.2) is 29.1 Å². The Morgan fingerprint density at radius 2 is 1.86 bits per heavy atom. The number of hydrogen-bond acceptors (Lipinski definition) is 6. The van der Waals surface area contributed by atoms with Gasteiger partial charge < -0.3 is 10.1 Å². The molecule has 8 heteroatoms. The average Bonchev–Trinajstić information content (AvgIpc) is 2.95. The second-order valence-corrected chi connectivity index (χ2v) is 8.12. The zero-order chi connectivity index (χ0) is 21.3. The molecule has 3 aromatic rings. The van der Waals surface area contributed by atoms with Gasteiger partial charge in [0.05, 0.1) is 23.6 Å². The molecule has 0 aliphatic carbocycles. The molecule has 1 amide bonds. The fourth-order valence-corrected chi connectivity index (χ4v) is 4.09. The van der Waals surface area contributed by atoms with Crippen molar-refractivity contribution in [2.24, 2.45) is 0 Å². The number of aryl methyl sites for hydroxylation is 1. The number of anilines is 1. The molecular formula is C21H23N3O4S. The Hall–Kier alpha value is -3.00. The molecule has 0 fully saturated rings. The number of hydrogen-bond donors (Lipinski definition) is 1. The summed E-state index contributed by atoms with van der Waals surface area (Å²) in [7, 11) is 0. The predicted molar refractivity (Wildman–Crippen MR) is 114 cm³/mol. The molecule has 2 aromatic heterocycles. The first-order chi connectivity index (χ1) is 13.8. The predicted octanol–water partition coefficient (Wildman–Crippen LogP) is 4.08. The number of thiophene rings is 1. The number of benzene rings is 1. The maximum atomic E-state index is 13.1. The number of fused-ring (bicyclic) bond motifs is 1. The largest absolute Gasteiger partial charge is 0.462 e. The Labute approximate surface area is 172 Å². The smallest absolute Gasteiger partial charge is 0.341 e. The third-order valence-corrected chi connectivity index (χ3v) is 5.75. The highest BCUT2D eigenvalue weighted by Crippen LogP contribution is 2.33. The molecule has 1 aromatic carbocycles. The molecule has 0 bridgehead atoms. The molecule has 0 radical (unpaired) electrons. The average molecular weight is 413 g/mol. The maximum absolute atomic E-state index is 13.1. The van der Waals surface area contributed by atoms with E-state index in [2.05, 4.69) is 10.4 Å². The minimum Gasteiger partial charge on any atom is -0.462 e. The van der Waals surface area contributed by atoms with Crippen molar-refractivity contribution in [3.63, 3.8) is 0 Å². The zero-order valence-corrected chi connectivity index (χ0v) is 17.8. The first-order valence-corrected chi connectivity index (χ1v) is 10.2. The van der Waals surface area contributed by atoms with Crippen LogP contribution in [-0.2, 0) is 4.74 Å². The Bertz CT molecular complexity index is 1160. The van der Waals surface area contributed by atoms with E-state index in [1.54, 1.807) is 31.2 Å². The molecule has 29 heavy (non-hydrogen) atoms. The lowest BCUT2D eigenvalue weighted by molar-refractivity contribution is 0.0527. The maximum Gasteiger partial charge on any atom is 0.341 e. The van der Waals surface area contributed by atoms with Crippen molar-refractivity contribution < 1.29 is 14.3 Å². The fourth-order valence-electron chi connectivity index (χ4n) is 3.05. The molecule has 0 aliphatic heterocycles. The van der Waals surface area contributed by atoms with E-state index in [-0.39, 0.29) is 23.9 Å². The highest BCUT2D eigenvalue weighted by atomic mass is 32.1. The zero-order valence-electron chi connectivity index (χ0n) is 17.0. The summed E-state index contributed by atoms with van der Waals surface area (Å²) in [6.07, 6.45) is 0. The van der Waals surface area contributed by atoms with Crippen LogP contribution >= 0.6 is 11.3 Å². The van der Waals surface area contributed by atoms with E-state index in [9.17, 15) is 14.4 Å². The molecular weight excluding hydrogens is 390 g/mol. The van der Waals surface area contributed by atoms with Gasteiger partial charge in [-0.05, 0) is 46.2 Å². The highest BCUT2D eigenvalue weighted by molar-refractivity contribution is 7.16. The van der Waals surface area contributed by atoms with Gasteiger partial charge in [-0.15, -0.1) is 11.3 Å². The first kappa shape index (κ1) is 20.7. The third-order valence-electron chi connectivity index (χ3n) is 4.62. The van der Waals surface area contributed by atoms with E-state index in [1.165, 1.54) is 16.0 Å². The number of carbonyl (C=O) groups excluding carboxylic acids is 2. The van der Waals surface area contributed by atoms with Crippen LogP contribution in [0.25, 0.3) is 10.8 Å². The van der Waals surface area contributed by atoms with Gasteiger partial charge in [0, 0.05) is 10.3 Å². The lowest BCUT2D eigenvalue weighted by Gasteiger charge is -2.13. The van der Waals surface area contributed by atoms with Crippen LogP contribution in [0.4, 0.5) is 5.00 Å². The number of carbonyl (C=O) groups is 2. The van der Waals surface area contributed by atoms with Crippen LogP contribution in [0.1, 0.15) is 58.1 Å². The van der Waals surface area contributed by atoms with Gasteiger partial charge in [-0.3, -0.25) is 9.59 Å². The fraction of sp³-hybridized carbons (Fsp3) is 0.333. The Morgan fingerprint density at radius 1 is 1.21 bits per heavy atom. The number of aromatic nitrogens is 2. The summed E-state index contributed by atoms with van der Waals surface area (Å²) in [5.41, 5.74) is 1.01. The van der Waals surface area contributed by atoms with E-state index in [1.807, 2.05) is 27.7 Å². The number of ether oxygens (including phenoxy) is 1.